The number of Topliss-reactive ketones (excluding diaryl/α,β-unsaturated/α-hetero) is 2. The van der Waals surface area contributed by atoms with Gasteiger partial charge < -0.3 is 23.7 Å². The van der Waals surface area contributed by atoms with Crippen molar-refractivity contribution in [3.05, 3.63) is 76.9 Å². The topological polar surface area (TPSA) is 80.3 Å². The predicted molar refractivity (Wildman–Crippen MR) is 120 cm³/mol. The molecule has 0 bridgehead atoms. The van der Waals surface area contributed by atoms with E-state index in [0.29, 0.717) is 39.9 Å². The third kappa shape index (κ3) is 4.60. The monoisotopic (exact) mass is 444 g/mol. The number of benzene rings is 3. The van der Waals surface area contributed by atoms with Gasteiger partial charge in [-0.05, 0) is 42.5 Å². The van der Waals surface area contributed by atoms with E-state index in [0.717, 1.165) is 0 Å². The summed E-state index contributed by atoms with van der Waals surface area (Å²) in [5.74, 6) is 7.20. The van der Waals surface area contributed by atoms with Gasteiger partial charge in [0.15, 0.2) is 11.5 Å². The molecule has 3 aromatic carbocycles. The van der Waals surface area contributed by atoms with Crippen LogP contribution in [0.5, 0.6) is 28.7 Å². The molecular weight excluding hydrogens is 424 g/mol. The van der Waals surface area contributed by atoms with Crippen LogP contribution in [-0.2, 0) is 0 Å². The van der Waals surface area contributed by atoms with Crippen LogP contribution in [0.4, 0.5) is 0 Å². The second-order valence-electron chi connectivity index (χ2n) is 6.99. The fourth-order valence-corrected chi connectivity index (χ4v) is 3.25. The fraction of sp³-hybridized carbons (Fsp3) is 0.154. The highest BCUT2D eigenvalue weighted by Gasteiger charge is 2.25. The highest BCUT2D eigenvalue weighted by Crippen LogP contribution is 2.35. The van der Waals surface area contributed by atoms with Crippen molar-refractivity contribution in [1.29, 1.82) is 0 Å². The fourth-order valence-electron chi connectivity index (χ4n) is 3.25. The molecule has 0 saturated carbocycles. The maximum atomic E-state index is 13.1. The van der Waals surface area contributed by atoms with Crippen LogP contribution in [0.2, 0.25) is 0 Å². The van der Waals surface area contributed by atoms with Crippen molar-refractivity contribution < 1.29 is 33.3 Å². The second-order valence-corrected chi connectivity index (χ2v) is 6.99. The number of ether oxygens (including phenoxy) is 5. The van der Waals surface area contributed by atoms with Gasteiger partial charge in [0.2, 0.25) is 18.4 Å². The summed E-state index contributed by atoms with van der Waals surface area (Å²) >= 11 is 0. The van der Waals surface area contributed by atoms with Crippen molar-refractivity contribution in [2.45, 2.75) is 0 Å². The zero-order valence-electron chi connectivity index (χ0n) is 18.3. The van der Waals surface area contributed by atoms with Crippen LogP contribution >= 0.6 is 0 Å². The molecule has 0 aliphatic carbocycles. The summed E-state index contributed by atoms with van der Waals surface area (Å²) in [6.07, 6.45) is 0. The maximum Gasteiger partial charge on any atom is 0.234 e. The summed E-state index contributed by atoms with van der Waals surface area (Å²) in [6, 6.07) is 14.6. The lowest BCUT2D eigenvalue weighted by Crippen LogP contribution is -2.16. The zero-order chi connectivity index (χ0) is 23.4. The SMILES string of the molecule is COc1ccc(C(=O)C(=O)c2cc3c(cc2C#Cc2cc(OC)cc(OC)c2)OCO3)cc1. The molecule has 0 spiro atoms. The molecule has 7 nitrogen and oxygen atoms in total. The first-order chi connectivity index (χ1) is 16.0. The van der Waals surface area contributed by atoms with Gasteiger partial charge in [-0.2, -0.15) is 0 Å². The summed E-state index contributed by atoms with van der Waals surface area (Å²) in [7, 11) is 4.62. The van der Waals surface area contributed by atoms with E-state index in [1.807, 2.05) is 0 Å². The molecule has 0 fully saturated rings. The number of hydrogen-bond acceptors (Lipinski definition) is 7. The minimum absolute atomic E-state index is 0.0271. The largest absolute Gasteiger partial charge is 0.497 e. The Morgan fingerprint density at radius 3 is 1.94 bits per heavy atom. The quantitative estimate of drug-likeness (QED) is 0.324. The van der Waals surface area contributed by atoms with Gasteiger partial charge in [-0.3, -0.25) is 9.59 Å². The molecule has 33 heavy (non-hydrogen) atoms. The van der Waals surface area contributed by atoms with E-state index in [-0.39, 0.29) is 17.9 Å². The van der Waals surface area contributed by atoms with Gasteiger partial charge in [0.25, 0.3) is 0 Å². The smallest absolute Gasteiger partial charge is 0.234 e. The Morgan fingerprint density at radius 1 is 0.727 bits per heavy atom. The van der Waals surface area contributed by atoms with Crippen LogP contribution < -0.4 is 23.7 Å². The molecule has 1 heterocycles. The number of carbonyl (C=O) groups is 2. The highest BCUT2D eigenvalue weighted by atomic mass is 16.7. The molecule has 0 saturated heterocycles. The van der Waals surface area contributed by atoms with Gasteiger partial charge in [0.1, 0.15) is 17.2 Å². The van der Waals surface area contributed by atoms with E-state index >= 15 is 0 Å². The van der Waals surface area contributed by atoms with Gasteiger partial charge in [-0.25, -0.2) is 0 Å². The molecule has 1 aliphatic heterocycles. The molecule has 0 radical (unpaired) electrons. The number of methoxy groups -OCH3 is 3. The van der Waals surface area contributed by atoms with Crippen LogP contribution in [0, 0.1) is 11.8 Å². The van der Waals surface area contributed by atoms with Crippen LogP contribution in [0.1, 0.15) is 31.8 Å². The van der Waals surface area contributed by atoms with Crippen molar-refractivity contribution in [1.82, 2.24) is 0 Å². The standard InChI is InChI=1S/C26H20O7/c1-29-19-8-6-17(7-9-19)25(27)26(28)22-14-24-23(32-15-33-24)12-18(22)5-4-16-10-20(30-2)13-21(11-16)31-3/h6-14H,15H2,1-3H3. The maximum absolute atomic E-state index is 13.1. The molecule has 0 unspecified atom stereocenters. The summed E-state index contributed by atoms with van der Waals surface area (Å²) in [4.78, 5) is 26.0. The Labute approximate surface area is 190 Å². The van der Waals surface area contributed by atoms with Gasteiger partial charge in [-0.15, -0.1) is 0 Å². The van der Waals surface area contributed by atoms with Crippen LogP contribution in [-0.4, -0.2) is 39.7 Å². The molecular formula is C26H20O7. The molecule has 166 valence electrons. The summed E-state index contributed by atoms with van der Waals surface area (Å²) in [5, 5.41) is 0. The second kappa shape index (κ2) is 9.37. The van der Waals surface area contributed by atoms with Gasteiger partial charge >= 0.3 is 0 Å². The lowest BCUT2D eigenvalue weighted by atomic mass is 9.96. The van der Waals surface area contributed by atoms with Crippen molar-refractivity contribution in [2.24, 2.45) is 0 Å². The number of carbonyl (C=O) groups excluding carboxylic acids is 2. The summed E-state index contributed by atoms with van der Waals surface area (Å²) in [6.45, 7) is 0.0271. The first-order valence-electron chi connectivity index (χ1n) is 9.94. The Morgan fingerprint density at radius 2 is 1.33 bits per heavy atom. The lowest BCUT2D eigenvalue weighted by Gasteiger charge is -2.07. The van der Waals surface area contributed by atoms with E-state index < -0.39 is 11.6 Å². The van der Waals surface area contributed by atoms with Crippen molar-refractivity contribution >= 4 is 11.6 Å². The molecule has 0 aromatic heterocycles. The normalized spacial score (nSPS) is 11.2. The first-order valence-corrected chi connectivity index (χ1v) is 9.94. The lowest BCUT2D eigenvalue weighted by molar-refractivity contribution is 0.0816. The van der Waals surface area contributed by atoms with Crippen LogP contribution in [0.3, 0.4) is 0 Å². The van der Waals surface area contributed by atoms with E-state index in [1.165, 1.54) is 13.2 Å². The van der Waals surface area contributed by atoms with Crippen molar-refractivity contribution in [3.63, 3.8) is 0 Å². The third-order valence-corrected chi connectivity index (χ3v) is 5.01. The van der Waals surface area contributed by atoms with E-state index in [2.05, 4.69) is 11.8 Å². The minimum atomic E-state index is -0.703. The number of rotatable bonds is 6. The Bertz CT molecular complexity index is 1260. The molecule has 3 aromatic rings. The van der Waals surface area contributed by atoms with Crippen LogP contribution in [0.15, 0.2) is 54.6 Å². The summed E-state index contributed by atoms with van der Waals surface area (Å²) < 4.78 is 26.5. The van der Waals surface area contributed by atoms with E-state index in [9.17, 15) is 9.59 Å². The number of fused-ring (bicyclic) bond motifs is 1. The van der Waals surface area contributed by atoms with Crippen LogP contribution in [0.25, 0.3) is 0 Å². The van der Waals surface area contributed by atoms with Crippen molar-refractivity contribution in [2.75, 3.05) is 28.1 Å². The Hall–Kier alpha value is -4.44. The molecule has 0 atom stereocenters. The van der Waals surface area contributed by atoms with E-state index in [4.69, 9.17) is 23.7 Å². The van der Waals surface area contributed by atoms with Gasteiger partial charge in [0.05, 0.1) is 21.3 Å². The summed E-state index contributed by atoms with van der Waals surface area (Å²) in [5.41, 5.74) is 1.33. The van der Waals surface area contributed by atoms with Gasteiger partial charge in [0, 0.05) is 34.4 Å². The molecule has 0 amide bonds. The molecule has 7 heteroatoms. The van der Waals surface area contributed by atoms with Gasteiger partial charge in [-0.1, -0.05) is 11.8 Å². The third-order valence-electron chi connectivity index (χ3n) is 5.01. The molecule has 0 N–H and O–H groups in total. The highest BCUT2D eigenvalue weighted by molar-refractivity contribution is 6.49. The molecule has 1 aliphatic rings. The first kappa shape index (κ1) is 21.8. The molecule has 4 rings (SSSR count). The number of ketones is 2. The zero-order valence-corrected chi connectivity index (χ0v) is 18.3. The van der Waals surface area contributed by atoms with Crippen molar-refractivity contribution in [3.8, 4) is 40.6 Å². The predicted octanol–water partition coefficient (Wildman–Crippen LogP) is 3.91. The number of hydrogen-bond donors (Lipinski definition) is 0. The Kier molecular flexibility index (Phi) is 6.18. The van der Waals surface area contributed by atoms with E-state index in [1.54, 1.807) is 62.8 Å². The average molecular weight is 444 g/mol. The Balaban J connectivity index is 1.73. The average Bonchev–Trinajstić information content (AvgIpc) is 3.33. The minimum Gasteiger partial charge on any atom is -0.497 e.